The molecule has 1 saturated heterocycles. The molecule has 1 fully saturated rings. The third kappa shape index (κ3) is 5.42. The molecule has 0 spiro atoms. The van der Waals surface area contributed by atoms with E-state index < -0.39 is 13.0 Å². The molecule has 0 aliphatic carbocycles. The summed E-state index contributed by atoms with van der Waals surface area (Å²) in [7, 11) is 0. The average molecular weight is 335 g/mol. The molecule has 0 radical (unpaired) electrons. The molecule has 2 N–H and O–H groups in total. The summed E-state index contributed by atoms with van der Waals surface area (Å²) < 4.78 is 29.1. The van der Waals surface area contributed by atoms with Crippen LogP contribution in [0.5, 0.6) is 5.75 Å². The second kappa shape index (κ2) is 8.90. The molecule has 1 aromatic rings. The highest BCUT2D eigenvalue weighted by Crippen LogP contribution is 2.17. The third-order valence-corrected chi connectivity index (χ3v) is 3.67. The summed E-state index contributed by atoms with van der Waals surface area (Å²) >= 11 is 0. The predicted molar refractivity (Wildman–Crippen MR) is 82.6 cm³/mol. The molecule has 1 aliphatic rings. The number of halogens is 3. The summed E-state index contributed by atoms with van der Waals surface area (Å²) in [5.41, 5.74) is 0.828. The summed E-state index contributed by atoms with van der Waals surface area (Å²) in [5.74, 6) is 0.772. The molecular formula is C15H21ClF2N2O2. The number of hydrogen-bond donors (Lipinski definition) is 2. The lowest BCUT2D eigenvalue weighted by Crippen LogP contribution is -2.49. The van der Waals surface area contributed by atoms with Gasteiger partial charge in [0.25, 0.3) is 6.43 Å². The fourth-order valence-electron chi connectivity index (χ4n) is 2.13. The summed E-state index contributed by atoms with van der Waals surface area (Å²) in [6.07, 6.45) is -2.50. The number of ether oxygens (including phenoxy) is 1. The van der Waals surface area contributed by atoms with E-state index in [0.29, 0.717) is 18.2 Å². The van der Waals surface area contributed by atoms with Gasteiger partial charge in [-0.05, 0) is 36.7 Å². The van der Waals surface area contributed by atoms with Gasteiger partial charge in [0.1, 0.15) is 12.4 Å². The van der Waals surface area contributed by atoms with Gasteiger partial charge in [-0.3, -0.25) is 4.79 Å². The number of alkyl halides is 2. The molecule has 1 heterocycles. The van der Waals surface area contributed by atoms with E-state index in [1.165, 1.54) is 0 Å². The van der Waals surface area contributed by atoms with Gasteiger partial charge < -0.3 is 15.4 Å². The Bertz CT molecular complexity index is 484. The second-order valence-electron chi connectivity index (χ2n) is 5.27. The smallest absolute Gasteiger partial charge is 0.272 e. The van der Waals surface area contributed by atoms with Gasteiger partial charge in [0.15, 0.2) is 0 Å². The number of nitrogens with one attached hydrogen (secondary N) is 2. The van der Waals surface area contributed by atoms with E-state index >= 15 is 0 Å². The van der Waals surface area contributed by atoms with Crippen LogP contribution in [0.2, 0.25) is 0 Å². The van der Waals surface area contributed by atoms with Crippen molar-refractivity contribution < 1.29 is 18.3 Å². The molecule has 4 nitrogen and oxygen atoms in total. The van der Waals surface area contributed by atoms with Gasteiger partial charge in [-0.25, -0.2) is 8.78 Å². The fourth-order valence-corrected chi connectivity index (χ4v) is 2.13. The van der Waals surface area contributed by atoms with Crippen molar-refractivity contribution in [2.45, 2.75) is 19.9 Å². The van der Waals surface area contributed by atoms with Crippen molar-refractivity contribution in [3.8, 4) is 5.75 Å². The Morgan fingerprint density at radius 1 is 1.45 bits per heavy atom. The Labute approximate surface area is 135 Å². The monoisotopic (exact) mass is 334 g/mol. The highest BCUT2D eigenvalue weighted by atomic mass is 35.5. The SMILES string of the molecule is CC(C(=O)NCc1cccc(OCC(F)F)c1)C1CNC1.Cl. The van der Waals surface area contributed by atoms with Crippen molar-refractivity contribution in [1.29, 1.82) is 0 Å². The molecule has 0 aromatic heterocycles. The summed E-state index contributed by atoms with van der Waals surface area (Å²) in [4.78, 5) is 12.0. The third-order valence-electron chi connectivity index (χ3n) is 3.67. The maximum Gasteiger partial charge on any atom is 0.272 e. The van der Waals surface area contributed by atoms with Gasteiger partial charge in [0.2, 0.25) is 5.91 Å². The fraction of sp³-hybridized carbons (Fsp3) is 0.533. The second-order valence-corrected chi connectivity index (χ2v) is 5.27. The van der Waals surface area contributed by atoms with Crippen molar-refractivity contribution >= 4 is 18.3 Å². The highest BCUT2D eigenvalue weighted by molar-refractivity contribution is 5.85. The normalized spacial score (nSPS) is 15.6. The Balaban J connectivity index is 0.00000242. The zero-order valence-corrected chi connectivity index (χ0v) is 13.2. The van der Waals surface area contributed by atoms with Crippen LogP contribution in [0.25, 0.3) is 0 Å². The van der Waals surface area contributed by atoms with Gasteiger partial charge >= 0.3 is 0 Å². The van der Waals surface area contributed by atoms with Crippen molar-refractivity contribution in [2.24, 2.45) is 11.8 Å². The lowest BCUT2D eigenvalue weighted by molar-refractivity contribution is -0.126. The lowest BCUT2D eigenvalue weighted by Gasteiger charge is -2.31. The number of carbonyl (C=O) groups excluding carboxylic acids is 1. The van der Waals surface area contributed by atoms with Crippen molar-refractivity contribution in [2.75, 3.05) is 19.7 Å². The Kier molecular flexibility index (Phi) is 7.55. The minimum absolute atomic E-state index is 0. The largest absolute Gasteiger partial charge is 0.488 e. The average Bonchev–Trinajstić information content (AvgIpc) is 2.41. The maximum atomic E-state index is 12.1. The van der Waals surface area contributed by atoms with Crippen molar-refractivity contribution in [1.82, 2.24) is 10.6 Å². The zero-order valence-electron chi connectivity index (χ0n) is 12.4. The molecule has 7 heteroatoms. The molecular weight excluding hydrogens is 314 g/mol. The highest BCUT2D eigenvalue weighted by Gasteiger charge is 2.28. The number of rotatable bonds is 7. The van der Waals surface area contributed by atoms with E-state index in [-0.39, 0.29) is 24.2 Å². The first-order valence-electron chi connectivity index (χ1n) is 7.04. The van der Waals surface area contributed by atoms with E-state index in [9.17, 15) is 13.6 Å². The molecule has 1 unspecified atom stereocenters. The number of amides is 1. The molecule has 1 atom stereocenters. The topological polar surface area (TPSA) is 50.4 Å². The minimum Gasteiger partial charge on any atom is -0.488 e. The molecule has 0 bridgehead atoms. The van der Waals surface area contributed by atoms with Crippen LogP contribution in [0.4, 0.5) is 8.78 Å². The summed E-state index contributed by atoms with van der Waals surface area (Å²) in [6.45, 7) is 3.43. The van der Waals surface area contributed by atoms with E-state index in [2.05, 4.69) is 10.6 Å². The first kappa shape index (κ1) is 18.6. The van der Waals surface area contributed by atoms with E-state index in [0.717, 1.165) is 18.7 Å². The summed E-state index contributed by atoms with van der Waals surface area (Å²) in [5, 5.41) is 6.01. The van der Waals surface area contributed by atoms with Crippen LogP contribution in [-0.2, 0) is 11.3 Å². The maximum absolute atomic E-state index is 12.1. The van der Waals surface area contributed by atoms with E-state index in [4.69, 9.17) is 4.74 Å². The molecule has 1 amide bonds. The Hall–Kier alpha value is -1.40. The van der Waals surface area contributed by atoms with Gasteiger partial charge in [-0.15, -0.1) is 12.4 Å². The van der Waals surface area contributed by atoms with Crippen LogP contribution in [0.3, 0.4) is 0 Å². The van der Waals surface area contributed by atoms with Gasteiger partial charge in [-0.1, -0.05) is 19.1 Å². The van der Waals surface area contributed by atoms with Crippen molar-refractivity contribution in [3.63, 3.8) is 0 Å². The standard InChI is InChI=1S/C15H20F2N2O2.ClH/c1-10(12-7-18-8-12)15(20)19-6-11-3-2-4-13(5-11)21-9-14(16)17;/h2-5,10,12,14,18H,6-9H2,1H3,(H,19,20);1H. The van der Waals surface area contributed by atoms with Crippen LogP contribution in [0.15, 0.2) is 24.3 Å². The van der Waals surface area contributed by atoms with Gasteiger partial charge in [0.05, 0.1) is 0 Å². The van der Waals surface area contributed by atoms with Crippen LogP contribution < -0.4 is 15.4 Å². The number of carbonyl (C=O) groups is 1. The predicted octanol–water partition coefficient (Wildman–Crippen LogP) is 2.22. The molecule has 1 aromatic carbocycles. The minimum atomic E-state index is -2.50. The van der Waals surface area contributed by atoms with Crippen LogP contribution in [-0.4, -0.2) is 32.0 Å². The van der Waals surface area contributed by atoms with Crippen LogP contribution in [0.1, 0.15) is 12.5 Å². The van der Waals surface area contributed by atoms with Crippen molar-refractivity contribution in [3.05, 3.63) is 29.8 Å². The zero-order chi connectivity index (χ0) is 15.2. The van der Waals surface area contributed by atoms with Gasteiger partial charge in [-0.2, -0.15) is 0 Å². The van der Waals surface area contributed by atoms with E-state index in [1.54, 1.807) is 18.2 Å². The molecule has 124 valence electrons. The summed E-state index contributed by atoms with van der Waals surface area (Å²) in [6, 6.07) is 6.83. The quantitative estimate of drug-likeness (QED) is 0.804. The number of hydrogen-bond acceptors (Lipinski definition) is 3. The molecule has 1 aliphatic heterocycles. The van der Waals surface area contributed by atoms with E-state index in [1.807, 2.05) is 13.0 Å². The van der Waals surface area contributed by atoms with Crippen LogP contribution in [0, 0.1) is 11.8 Å². The molecule has 0 saturated carbocycles. The Morgan fingerprint density at radius 3 is 2.77 bits per heavy atom. The van der Waals surface area contributed by atoms with Crippen LogP contribution >= 0.6 is 12.4 Å². The molecule has 2 rings (SSSR count). The first-order chi connectivity index (χ1) is 10.1. The Morgan fingerprint density at radius 2 is 2.18 bits per heavy atom. The molecule has 22 heavy (non-hydrogen) atoms. The lowest BCUT2D eigenvalue weighted by atomic mass is 9.88. The number of benzene rings is 1. The van der Waals surface area contributed by atoms with Gasteiger partial charge in [0, 0.05) is 12.5 Å². The first-order valence-corrected chi connectivity index (χ1v) is 7.04.